The van der Waals surface area contributed by atoms with Gasteiger partial charge in [0.2, 0.25) is 0 Å². The van der Waals surface area contributed by atoms with E-state index in [1.54, 1.807) is 6.92 Å². The first-order valence-corrected chi connectivity index (χ1v) is 5.56. The average molecular weight is 216 g/mol. The van der Waals surface area contributed by atoms with Crippen LogP contribution in [0.15, 0.2) is 24.3 Å². The predicted octanol–water partition coefficient (Wildman–Crippen LogP) is 2.89. The Morgan fingerprint density at radius 3 is 2.69 bits per heavy atom. The molecule has 1 aromatic carbocycles. The number of hydrogen-bond acceptors (Lipinski definition) is 2. The highest BCUT2D eigenvalue weighted by atomic mass is 16.1. The van der Waals surface area contributed by atoms with Crippen molar-refractivity contribution in [3.63, 3.8) is 0 Å². The quantitative estimate of drug-likeness (QED) is 0.739. The fourth-order valence-corrected chi connectivity index (χ4v) is 1.89. The molecule has 16 heavy (non-hydrogen) atoms. The molecular formula is C13H16N2O. The number of nitrogens with zero attached hydrogens (tertiary/aromatic N) is 2. The van der Waals surface area contributed by atoms with E-state index >= 15 is 0 Å². The topological polar surface area (TPSA) is 34.9 Å². The van der Waals surface area contributed by atoms with Crippen molar-refractivity contribution in [3.8, 4) is 0 Å². The van der Waals surface area contributed by atoms with Crippen LogP contribution in [0.1, 0.15) is 31.4 Å². The molecule has 2 aromatic rings. The van der Waals surface area contributed by atoms with Crippen LogP contribution in [0, 0.1) is 5.92 Å². The molecule has 0 saturated carbocycles. The van der Waals surface area contributed by atoms with Crippen molar-refractivity contribution in [2.24, 2.45) is 5.92 Å². The lowest BCUT2D eigenvalue weighted by Crippen LogP contribution is -2.11. The Morgan fingerprint density at radius 2 is 2.06 bits per heavy atom. The molecule has 84 valence electrons. The van der Waals surface area contributed by atoms with Gasteiger partial charge in [0, 0.05) is 13.5 Å². The molecule has 1 aromatic heterocycles. The molecule has 0 aliphatic carbocycles. The number of hydrogen-bond donors (Lipinski definition) is 0. The van der Waals surface area contributed by atoms with Crippen LogP contribution < -0.4 is 0 Å². The normalized spacial score (nSPS) is 11.2. The lowest BCUT2D eigenvalue weighted by Gasteiger charge is -2.09. The van der Waals surface area contributed by atoms with E-state index in [-0.39, 0.29) is 5.78 Å². The molecule has 0 atom stereocenters. The summed E-state index contributed by atoms with van der Waals surface area (Å²) in [7, 11) is 0. The van der Waals surface area contributed by atoms with Gasteiger partial charge in [0.05, 0.1) is 11.0 Å². The van der Waals surface area contributed by atoms with Crippen molar-refractivity contribution in [3.05, 3.63) is 30.1 Å². The van der Waals surface area contributed by atoms with Crippen LogP contribution in [0.4, 0.5) is 0 Å². The van der Waals surface area contributed by atoms with Gasteiger partial charge in [-0.2, -0.15) is 0 Å². The standard InChI is InChI=1S/C13H16N2O/c1-9(2)8-15-12-7-5-4-6-11(12)14-13(15)10(3)16/h4-7,9H,8H2,1-3H3. The molecule has 2 rings (SSSR count). The van der Waals surface area contributed by atoms with E-state index in [1.807, 2.05) is 28.8 Å². The first kappa shape index (κ1) is 10.9. The van der Waals surface area contributed by atoms with Crippen molar-refractivity contribution < 1.29 is 4.79 Å². The molecule has 0 bridgehead atoms. The van der Waals surface area contributed by atoms with Crippen LogP contribution in [-0.4, -0.2) is 15.3 Å². The number of para-hydroxylation sites is 2. The molecule has 0 aliphatic heterocycles. The third-order valence-corrected chi connectivity index (χ3v) is 2.52. The second kappa shape index (κ2) is 4.08. The number of fused-ring (bicyclic) bond motifs is 1. The Hall–Kier alpha value is -1.64. The minimum absolute atomic E-state index is 0.0249. The van der Waals surface area contributed by atoms with Crippen molar-refractivity contribution >= 4 is 16.8 Å². The van der Waals surface area contributed by atoms with Crippen molar-refractivity contribution in [2.45, 2.75) is 27.3 Å². The number of aromatic nitrogens is 2. The lowest BCUT2D eigenvalue weighted by molar-refractivity contribution is 0.0999. The Kier molecular flexibility index (Phi) is 2.77. The summed E-state index contributed by atoms with van der Waals surface area (Å²) in [5.41, 5.74) is 1.94. The molecule has 1 heterocycles. The van der Waals surface area contributed by atoms with E-state index in [9.17, 15) is 4.79 Å². The largest absolute Gasteiger partial charge is 0.321 e. The Labute approximate surface area is 95.1 Å². The average Bonchev–Trinajstić information content (AvgIpc) is 2.57. The second-order valence-corrected chi connectivity index (χ2v) is 4.48. The van der Waals surface area contributed by atoms with E-state index in [0.717, 1.165) is 17.6 Å². The van der Waals surface area contributed by atoms with Gasteiger partial charge in [-0.3, -0.25) is 4.79 Å². The van der Waals surface area contributed by atoms with Gasteiger partial charge in [-0.15, -0.1) is 0 Å². The summed E-state index contributed by atoms with van der Waals surface area (Å²) in [5.74, 6) is 1.09. The molecule has 3 nitrogen and oxygen atoms in total. The van der Waals surface area contributed by atoms with Crippen LogP contribution in [0.5, 0.6) is 0 Å². The number of imidazole rings is 1. The zero-order valence-corrected chi connectivity index (χ0v) is 9.90. The zero-order chi connectivity index (χ0) is 11.7. The van der Waals surface area contributed by atoms with E-state index in [0.29, 0.717) is 11.7 Å². The Bertz CT molecular complexity index is 526. The highest BCUT2D eigenvalue weighted by molar-refractivity contribution is 5.94. The third kappa shape index (κ3) is 1.85. The molecular weight excluding hydrogens is 200 g/mol. The van der Waals surface area contributed by atoms with Gasteiger partial charge in [0.1, 0.15) is 0 Å². The van der Waals surface area contributed by atoms with Gasteiger partial charge in [-0.1, -0.05) is 26.0 Å². The van der Waals surface area contributed by atoms with Gasteiger partial charge in [-0.25, -0.2) is 4.98 Å². The molecule has 0 unspecified atom stereocenters. The summed E-state index contributed by atoms with van der Waals surface area (Å²) >= 11 is 0. The van der Waals surface area contributed by atoms with Crippen LogP contribution in [0.3, 0.4) is 0 Å². The smallest absolute Gasteiger partial charge is 0.195 e. The summed E-state index contributed by atoms with van der Waals surface area (Å²) in [5, 5.41) is 0. The Morgan fingerprint density at radius 1 is 1.38 bits per heavy atom. The monoisotopic (exact) mass is 216 g/mol. The van der Waals surface area contributed by atoms with E-state index < -0.39 is 0 Å². The number of carbonyl (C=O) groups is 1. The highest BCUT2D eigenvalue weighted by Gasteiger charge is 2.14. The molecule has 0 saturated heterocycles. The minimum atomic E-state index is 0.0249. The summed E-state index contributed by atoms with van der Waals surface area (Å²) in [6.07, 6.45) is 0. The van der Waals surface area contributed by atoms with Gasteiger partial charge < -0.3 is 4.57 Å². The third-order valence-electron chi connectivity index (χ3n) is 2.52. The molecule has 0 aliphatic rings. The summed E-state index contributed by atoms with van der Waals surface area (Å²) in [6, 6.07) is 7.87. The van der Waals surface area contributed by atoms with Gasteiger partial charge in [0.15, 0.2) is 11.6 Å². The fraction of sp³-hybridized carbons (Fsp3) is 0.385. The van der Waals surface area contributed by atoms with Crippen LogP contribution in [0.2, 0.25) is 0 Å². The predicted molar refractivity (Wildman–Crippen MR) is 64.6 cm³/mol. The summed E-state index contributed by atoms with van der Waals surface area (Å²) in [4.78, 5) is 15.9. The number of carbonyl (C=O) groups excluding carboxylic acids is 1. The fourth-order valence-electron chi connectivity index (χ4n) is 1.89. The van der Waals surface area contributed by atoms with E-state index in [1.165, 1.54) is 0 Å². The van der Waals surface area contributed by atoms with Gasteiger partial charge in [-0.05, 0) is 18.1 Å². The number of Topliss-reactive ketones (excluding diaryl/α,β-unsaturated/α-hetero) is 1. The summed E-state index contributed by atoms with van der Waals surface area (Å²) < 4.78 is 2.02. The molecule has 0 spiro atoms. The highest BCUT2D eigenvalue weighted by Crippen LogP contribution is 2.17. The number of ketones is 1. The molecule has 0 amide bonds. The maximum absolute atomic E-state index is 11.5. The lowest BCUT2D eigenvalue weighted by atomic mass is 10.2. The molecule has 0 radical (unpaired) electrons. The molecule has 0 fully saturated rings. The molecule has 3 heteroatoms. The number of benzene rings is 1. The van der Waals surface area contributed by atoms with Crippen molar-refractivity contribution in [1.82, 2.24) is 9.55 Å². The SMILES string of the molecule is CC(=O)c1nc2ccccc2n1CC(C)C. The zero-order valence-electron chi connectivity index (χ0n) is 9.90. The minimum Gasteiger partial charge on any atom is -0.321 e. The molecule has 0 N–H and O–H groups in total. The number of rotatable bonds is 3. The van der Waals surface area contributed by atoms with Crippen molar-refractivity contribution in [1.29, 1.82) is 0 Å². The first-order valence-electron chi connectivity index (χ1n) is 5.56. The van der Waals surface area contributed by atoms with E-state index in [2.05, 4.69) is 18.8 Å². The van der Waals surface area contributed by atoms with Crippen LogP contribution in [-0.2, 0) is 6.54 Å². The van der Waals surface area contributed by atoms with Gasteiger partial charge in [0.25, 0.3) is 0 Å². The Balaban J connectivity index is 2.64. The maximum atomic E-state index is 11.5. The summed E-state index contributed by atoms with van der Waals surface area (Å²) in [6.45, 7) is 6.67. The van der Waals surface area contributed by atoms with E-state index in [4.69, 9.17) is 0 Å². The first-order chi connectivity index (χ1) is 7.59. The van der Waals surface area contributed by atoms with Crippen LogP contribution >= 0.6 is 0 Å². The second-order valence-electron chi connectivity index (χ2n) is 4.48. The van der Waals surface area contributed by atoms with Gasteiger partial charge >= 0.3 is 0 Å². The maximum Gasteiger partial charge on any atom is 0.195 e. The van der Waals surface area contributed by atoms with Crippen molar-refractivity contribution in [2.75, 3.05) is 0 Å². The van der Waals surface area contributed by atoms with Crippen LogP contribution in [0.25, 0.3) is 11.0 Å².